The van der Waals surface area contributed by atoms with Gasteiger partial charge in [0.25, 0.3) is 0 Å². The van der Waals surface area contributed by atoms with Crippen molar-refractivity contribution in [2.24, 2.45) is 12.9 Å². The molecule has 0 bridgehead atoms. The maximum Gasteiger partial charge on any atom is 0.122 e. The molecule has 3 N–H and O–H groups in total. The number of aromatic nitrogens is 2. The summed E-state index contributed by atoms with van der Waals surface area (Å²) >= 11 is 0. The maximum absolute atomic E-state index is 5.84. The number of rotatable bonds is 3. The van der Waals surface area contributed by atoms with Gasteiger partial charge in [-0.1, -0.05) is 18.2 Å². The van der Waals surface area contributed by atoms with E-state index in [0.717, 1.165) is 30.3 Å². The van der Waals surface area contributed by atoms with Gasteiger partial charge in [0.1, 0.15) is 11.6 Å². The van der Waals surface area contributed by atoms with E-state index in [1.165, 1.54) is 5.56 Å². The third-order valence-corrected chi connectivity index (χ3v) is 4.16. The SMILES string of the molecule is Cc1ncc(C(NN)C2CCOc3ccccc32)n1C. The highest BCUT2D eigenvalue weighted by molar-refractivity contribution is 5.39. The summed E-state index contributed by atoms with van der Waals surface area (Å²) in [6.07, 6.45) is 2.84. The molecule has 0 amide bonds. The molecule has 2 atom stereocenters. The van der Waals surface area contributed by atoms with E-state index in [9.17, 15) is 0 Å². The van der Waals surface area contributed by atoms with E-state index in [1.54, 1.807) is 0 Å². The Morgan fingerprint density at radius 1 is 1.45 bits per heavy atom. The van der Waals surface area contributed by atoms with Crippen LogP contribution in [0.1, 0.15) is 35.5 Å². The zero-order valence-corrected chi connectivity index (χ0v) is 11.8. The molecule has 2 heterocycles. The number of hydrogen-bond donors (Lipinski definition) is 2. The molecule has 0 radical (unpaired) electrons. The predicted molar refractivity (Wildman–Crippen MR) is 77.3 cm³/mol. The molecule has 106 valence electrons. The molecule has 1 aliphatic rings. The van der Waals surface area contributed by atoms with Crippen LogP contribution in [0, 0.1) is 6.92 Å². The topological polar surface area (TPSA) is 65.1 Å². The maximum atomic E-state index is 5.84. The second-order valence-corrected chi connectivity index (χ2v) is 5.22. The first kappa shape index (κ1) is 13.1. The molecule has 5 heteroatoms. The van der Waals surface area contributed by atoms with E-state index in [4.69, 9.17) is 10.6 Å². The molecule has 5 nitrogen and oxygen atoms in total. The van der Waals surface area contributed by atoms with E-state index in [-0.39, 0.29) is 6.04 Å². The molecule has 1 aromatic carbocycles. The molecule has 0 saturated heterocycles. The number of hydrogen-bond acceptors (Lipinski definition) is 4. The van der Waals surface area contributed by atoms with Gasteiger partial charge < -0.3 is 9.30 Å². The van der Waals surface area contributed by atoms with E-state index in [2.05, 4.69) is 21.0 Å². The van der Waals surface area contributed by atoms with Crippen LogP contribution in [0.2, 0.25) is 0 Å². The summed E-state index contributed by atoms with van der Waals surface area (Å²) in [4.78, 5) is 4.37. The van der Waals surface area contributed by atoms with Gasteiger partial charge in [0.05, 0.1) is 24.5 Å². The Kier molecular flexibility index (Phi) is 3.46. The summed E-state index contributed by atoms with van der Waals surface area (Å²) in [6, 6.07) is 8.21. The van der Waals surface area contributed by atoms with Gasteiger partial charge in [0.2, 0.25) is 0 Å². The number of aryl methyl sites for hydroxylation is 1. The van der Waals surface area contributed by atoms with Crippen molar-refractivity contribution in [1.82, 2.24) is 15.0 Å². The first-order valence-electron chi connectivity index (χ1n) is 6.88. The van der Waals surface area contributed by atoms with Crippen molar-refractivity contribution in [2.75, 3.05) is 6.61 Å². The average molecular weight is 272 g/mol. The molecule has 0 saturated carbocycles. The normalized spacial score (nSPS) is 19.2. The molecular weight excluding hydrogens is 252 g/mol. The minimum atomic E-state index is 0.0336. The van der Waals surface area contributed by atoms with Crippen LogP contribution in [0.15, 0.2) is 30.5 Å². The molecular formula is C15H20N4O. The number of hydrazine groups is 1. The molecule has 0 aliphatic carbocycles. The largest absolute Gasteiger partial charge is 0.493 e. The molecule has 0 fully saturated rings. The summed E-state index contributed by atoms with van der Waals surface area (Å²) in [5.74, 6) is 8.08. The van der Waals surface area contributed by atoms with E-state index < -0.39 is 0 Å². The zero-order chi connectivity index (χ0) is 14.1. The number of fused-ring (bicyclic) bond motifs is 1. The quantitative estimate of drug-likeness (QED) is 0.660. The Labute approximate surface area is 118 Å². The van der Waals surface area contributed by atoms with Crippen molar-refractivity contribution >= 4 is 0 Å². The van der Waals surface area contributed by atoms with Crippen LogP contribution in [0.4, 0.5) is 0 Å². The van der Waals surface area contributed by atoms with Gasteiger partial charge in [-0.2, -0.15) is 0 Å². The van der Waals surface area contributed by atoms with E-state index >= 15 is 0 Å². The molecule has 2 unspecified atom stereocenters. The van der Waals surface area contributed by atoms with Gasteiger partial charge in [-0.25, -0.2) is 4.98 Å². The average Bonchev–Trinajstić information content (AvgIpc) is 2.81. The first-order valence-corrected chi connectivity index (χ1v) is 6.88. The number of nitrogens with two attached hydrogens (primary N) is 1. The van der Waals surface area contributed by atoms with Gasteiger partial charge in [-0.3, -0.25) is 11.3 Å². The molecule has 3 rings (SSSR count). The van der Waals surface area contributed by atoms with E-state index in [1.807, 2.05) is 38.4 Å². The Hall–Kier alpha value is -1.85. The molecule has 1 aromatic heterocycles. The number of para-hydroxylation sites is 1. The minimum Gasteiger partial charge on any atom is -0.493 e. The van der Waals surface area contributed by atoms with Gasteiger partial charge in [0.15, 0.2) is 0 Å². The van der Waals surface area contributed by atoms with Crippen LogP contribution in [0.3, 0.4) is 0 Å². The molecule has 2 aromatic rings. The van der Waals surface area contributed by atoms with E-state index in [0.29, 0.717) is 5.92 Å². The fourth-order valence-electron chi connectivity index (χ4n) is 2.93. The van der Waals surface area contributed by atoms with Crippen LogP contribution in [0.25, 0.3) is 0 Å². The summed E-state index contributed by atoms with van der Waals surface area (Å²) in [5.41, 5.74) is 5.28. The summed E-state index contributed by atoms with van der Waals surface area (Å²) in [6.45, 7) is 2.71. The smallest absolute Gasteiger partial charge is 0.122 e. The molecule has 1 aliphatic heterocycles. The lowest BCUT2D eigenvalue weighted by Gasteiger charge is -2.32. The van der Waals surface area contributed by atoms with Crippen molar-refractivity contribution in [1.29, 1.82) is 0 Å². The highest BCUT2D eigenvalue weighted by Crippen LogP contribution is 2.40. The summed E-state index contributed by atoms with van der Waals surface area (Å²) < 4.78 is 7.81. The number of nitrogens with zero attached hydrogens (tertiary/aromatic N) is 2. The Balaban J connectivity index is 2.01. The van der Waals surface area contributed by atoms with Crippen LogP contribution in [-0.4, -0.2) is 16.2 Å². The second-order valence-electron chi connectivity index (χ2n) is 5.22. The summed E-state index contributed by atoms with van der Waals surface area (Å²) in [7, 11) is 2.02. The lowest BCUT2D eigenvalue weighted by Crippen LogP contribution is -2.35. The van der Waals surface area contributed by atoms with Crippen molar-refractivity contribution in [3.8, 4) is 5.75 Å². The first-order chi connectivity index (χ1) is 9.72. The predicted octanol–water partition coefficient (Wildman–Crippen LogP) is 1.80. The van der Waals surface area contributed by atoms with Crippen LogP contribution in [-0.2, 0) is 7.05 Å². The van der Waals surface area contributed by atoms with Gasteiger partial charge in [-0.15, -0.1) is 0 Å². The van der Waals surface area contributed by atoms with Crippen LogP contribution >= 0.6 is 0 Å². The zero-order valence-electron chi connectivity index (χ0n) is 11.8. The van der Waals surface area contributed by atoms with Crippen molar-refractivity contribution < 1.29 is 4.74 Å². The highest BCUT2D eigenvalue weighted by atomic mass is 16.5. The van der Waals surface area contributed by atoms with Gasteiger partial charge in [0, 0.05) is 13.0 Å². The van der Waals surface area contributed by atoms with Gasteiger partial charge >= 0.3 is 0 Å². The van der Waals surface area contributed by atoms with Gasteiger partial charge in [-0.05, 0) is 25.0 Å². The Morgan fingerprint density at radius 2 is 2.25 bits per heavy atom. The van der Waals surface area contributed by atoms with Crippen LogP contribution < -0.4 is 16.0 Å². The number of ether oxygens (including phenoxy) is 1. The fraction of sp³-hybridized carbons (Fsp3) is 0.400. The molecule has 20 heavy (non-hydrogen) atoms. The number of imidazole rings is 1. The highest BCUT2D eigenvalue weighted by Gasteiger charge is 2.31. The third kappa shape index (κ3) is 2.09. The van der Waals surface area contributed by atoms with Crippen LogP contribution in [0.5, 0.6) is 5.75 Å². The Bertz CT molecular complexity index is 608. The van der Waals surface area contributed by atoms with Crippen molar-refractivity contribution in [3.63, 3.8) is 0 Å². The fourth-order valence-corrected chi connectivity index (χ4v) is 2.93. The second kappa shape index (κ2) is 5.26. The lowest BCUT2D eigenvalue weighted by atomic mass is 9.85. The number of benzene rings is 1. The lowest BCUT2D eigenvalue weighted by molar-refractivity contribution is 0.244. The monoisotopic (exact) mass is 272 g/mol. The van der Waals surface area contributed by atoms with Crippen molar-refractivity contribution in [3.05, 3.63) is 47.5 Å². The molecule has 0 spiro atoms. The summed E-state index contributed by atoms with van der Waals surface area (Å²) in [5, 5.41) is 0. The minimum absolute atomic E-state index is 0.0336. The Morgan fingerprint density at radius 3 is 2.95 bits per heavy atom. The third-order valence-electron chi connectivity index (χ3n) is 4.16. The van der Waals surface area contributed by atoms with Crippen molar-refractivity contribution in [2.45, 2.75) is 25.3 Å². The number of nitrogens with one attached hydrogen (secondary N) is 1. The standard InChI is InChI=1S/C15H20N4O/c1-10-17-9-13(19(10)2)15(18-16)12-7-8-20-14-6-4-3-5-11(12)14/h3-6,9,12,15,18H,7-8,16H2,1-2H3.